The van der Waals surface area contributed by atoms with Gasteiger partial charge in [-0.3, -0.25) is 0 Å². The van der Waals surface area contributed by atoms with Crippen LogP contribution in [-0.4, -0.2) is 6.54 Å². The molecular weight excluding hydrogens is 153 g/mol. The predicted molar refractivity (Wildman–Crippen MR) is 46.3 cm³/mol. The van der Waals surface area contributed by atoms with E-state index >= 15 is 0 Å². The molecule has 2 heteroatoms. The second-order valence-corrected chi connectivity index (χ2v) is 3.39. The van der Waals surface area contributed by atoms with E-state index in [4.69, 9.17) is 5.73 Å². The molecule has 1 aromatic carbocycles. The van der Waals surface area contributed by atoms with E-state index in [2.05, 4.69) is 0 Å². The third-order valence-corrected chi connectivity index (χ3v) is 2.52. The first-order valence-electron chi connectivity index (χ1n) is 4.27. The molecule has 0 heterocycles. The maximum absolute atomic E-state index is 12.5. The minimum absolute atomic E-state index is 0.163. The van der Waals surface area contributed by atoms with Gasteiger partial charge in [0.2, 0.25) is 0 Å². The van der Waals surface area contributed by atoms with Crippen LogP contribution in [0, 0.1) is 11.7 Å². The maximum Gasteiger partial charge on any atom is 0.123 e. The van der Waals surface area contributed by atoms with Crippen LogP contribution in [0.25, 0.3) is 0 Å². The van der Waals surface area contributed by atoms with Crippen LogP contribution >= 0.6 is 0 Å². The standard InChI is InChI=1S/C10H12FN/c11-9-3-1-7(2-4-9)10-5-8(10)6-12/h1-4,8,10H,5-6,12H2/t8-,10-/m0/s1. The first kappa shape index (κ1) is 7.74. The fourth-order valence-electron chi connectivity index (χ4n) is 1.63. The first-order chi connectivity index (χ1) is 5.81. The summed E-state index contributed by atoms with van der Waals surface area (Å²) >= 11 is 0. The molecule has 1 aromatic rings. The van der Waals surface area contributed by atoms with Crippen LogP contribution in [0.3, 0.4) is 0 Å². The minimum atomic E-state index is -0.163. The van der Waals surface area contributed by atoms with Crippen molar-refractivity contribution in [2.24, 2.45) is 11.7 Å². The minimum Gasteiger partial charge on any atom is -0.330 e. The predicted octanol–water partition coefficient (Wildman–Crippen LogP) is 1.89. The second-order valence-electron chi connectivity index (χ2n) is 3.39. The van der Waals surface area contributed by atoms with Crippen LogP contribution in [-0.2, 0) is 0 Å². The molecule has 1 saturated carbocycles. The lowest BCUT2D eigenvalue weighted by Crippen LogP contribution is -2.01. The van der Waals surface area contributed by atoms with Crippen molar-refractivity contribution < 1.29 is 4.39 Å². The molecule has 0 spiro atoms. The van der Waals surface area contributed by atoms with E-state index in [1.165, 1.54) is 24.1 Å². The highest BCUT2D eigenvalue weighted by atomic mass is 19.1. The van der Waals surface area contributed by atoms with Gasteiger partial charge in [-0.1, -0.05) is 12.1 Å². The molecule has 12 heavy (non-hydrogen) atoms. The number of halogens is 1. The van der Waals surface area contributed by atoms with Crippen LogP contribution in [0.15, 0.2) is 24.3 Å². The number of nitrogens with two attached hydrogens (primary N) is 1. The number of hydrogen-bond acceptors (Lipinski definition) is 1. The lowest BCUT2D eigenvalue weighted by Gasteiger charge is -1.97. The Morgan fingerprint density at radius 2 is 2.00 bits per heavy atom. The zero-order valence-electron chi connectivity index (χ0n) is 6.83. The Bertz CT molecular complexity index is 268. The molecule has 0 aromatic heterocycles. The van der Waals surface area contributed by atoms with Crippen molar-refractivity contribution >= 4 is 0 Å². The summed E-state index contributed by atoms with van der Waals surface area (Å²) in [5, 5.41) is 0. The quantitative estimate of drug-likeness (QED) is 0.711. The maximum atomic E-state index is 12.5. The Labute approximate surface area is 71.4 Å². The molecule has 2 atom stereocenters. The fourth-order valence-corrected chi connectivity index (χ4v) is 1.63. The molecular formula is C10H12FN. The van der Waals surface area contributed by atoms with Crippen molar-refractivity contribution in [3.05, 3.63) is 35.6 Å². The van der Waals surface area contributed by atoms with Crippen LogP contribution < -0.4 is 5.73 Å². The van der Waals surface area contributed by atoms with Crippen molar-refractivity contribution in [3.63, 3.8) is 0 Å². The fraction of sp³-hybridized carbons (Fsp3) is 0.400. The normalized spacial score (nSPS) is 27.2. The lowest BCUT2D eigenvalue weighted by molar-refractivity contribution is 0.626. The topological polar surface area (TPSA) is 26.0 Å². The Morgan fingerprint density at radius 3 is 2.50 bits per heavy atom. The summed E-state index contributed by atoms with van der Waals surface area (Å²) < 4.78 is 12.5. The van der Waals surface area contributed by atoms with Crippen LogP contribution in [0.4, 0.5) is 4.39 Å². The summed E-state index contributed by atoms with van der Waals surface area (Å²) in [4.78, 5) is 0. The van der Waals surface area contributed by atoms with E-state index < -0.39 is 0 Å². The number of rotatable bonds is 2. The monoisotopic (exact) mass is 165 g/mol. The second kappa shape index (κ2) is 2.87. The Hall–Kier alpha value is -0.890. The van der Waals surface area contributed by atoms with Gasteiger partial charge in [-0.15, -0.1) is 0 Å². The summed E-state index contributed by atoms with van der Waals surface area (Å²) in [6, 6.07) is 6.74. The van der Waals surface area contributed by atoms with Crippen molar-refractivity contribution in [1.82, 2.24) is 0 Å². The molecule has 0 bridgehead atoms. The molecule has 1 fully saturated rings. The average molecular weight is 165 g/mol. The van der Waals surface area contributed by atoms with E-state index in [9.17, 15) is 4.39 Å². The van der Waals surface area contributed by atoms with Gasteiger partial charge >= 0.3 is 0 Å². The van der Waals surface area contributed by atoms with Crippen molar-refractivity contribution in [3.8, 4) is 0 Å². The van der Waals surface area contributed by atoms with E-state index in [1.54, 1.807) is 0 Å². The van der Waals surface area contributed by atoms with Crippen LogP contribution in [0.1, 0.15) is 17.9 Å². The van der Waals surface area contributed by atoms with Gasteiger partial charge in [-0.2, -0.15) is 0 Å². The molecule has 0 amide bonds. The molecule has 0 aliphatic heterocycles. The van der Waals surface area contributed by atoms with Crippen molar-refractivity contribution in [1.29, 1.82) is 0 Å². The molecule has 1 nitrogen and oxygen atoms in total. The summed E-state index contributed by atoms with van der Waals surface area (Å²) in [7, 11) is 0. The van der Waals surface area contributed by atoms with Gasteiger partial charge in [-0.05, 0) is 42.5 Å². The van der Waals surface area contributed by atoms with Crippen molar-refractivity contribution in [2.45, 2.75) is 12.3 Å². The molecule has 2 N–H and O–H groups in total. The zero-order valence-corrected chi connectivity index (χ0v) is 6.83. The Balaban J connectivity index is 2.10. The Morgan fingerprint density at radius 1 is 1.33 bits per heavy atom. The van der Waals surface area contributed by atoms with E-state index in [-0.39, 0.29) is 5.82 Å². The van der Waals surface area contributed by atoms with E-state index in [0.717, 1.165) is 6.54 Å². The third kappa shape index (κ3) is 1.34. The molecule has 0 radical (unpaired) electrons. The Kier molecular flexibility index (Phi) is 1.85. The van der Waals surface area contributed by atoms with Gasteiger partial charge in [0.1, 0.15) is 5.82 Å². The van der Waals surface area contributed by atoms with Gasteiger partial charge in [0, 0.05) is 0 Å². The van der Waals surface area contributed by atoms with Gasteiger partial charge < -0.3 is 5.73 Å². The molecule has 0 saturated heterocycles. The average Bonchev–Trinajstić information content (AvgIpc) is 2.85. The SMILES string of the molecule is NC[C@@H]1C[C@H]1c1ccc(F)cc1. The highest BCUT2D eigenvalue weighted by Gasteiger charge is 2.36. The largest absolute Gasteiger partial charge is 0.330 e. The molecule has 1 aliphatic carbocycles. The lowest BCUT2D eigenvalue weighted by atomic mass is 10.1. The highest BCUT2D eigenvalue weighted by Crippen LogP contribution is 2.46. The van der Waals surface area contributed by atoms with Gasteiger partial charge in [0.25, 0.3) is 0 Å². The van der Waals surface area contributed by atoms with Crippen LogP contribution in [0.5, 0.6) is 0 Å². The number of hydrogen-bond donors (Lipinski definition) is 1. The molecule has 0 unspecified atom stereocenters. The van der Waals surface area contributed by atoms with Crippen LogP contribution in [0.2, 0.25) is 0 Å². The van der Waals surface area contributed by atoms with Gasteiger partial charge in [0.15, 0.2) is 0 Å². The highest BCUT2D eigenvalue weighted by molar-refractivity contribution is 5.26. The molecule has 64 valence electrons. The van der Waals surface area contributed by atoms with E-state index in [1.807, 2.05) is 12.1 Å². The summed E-state index contributed by atoms with van der Waals surface area (Å²) in [6.07, 6.45) is 1.17. The summed E-state index contributed by atoms with van der Waals surface area (Å²) in [5.74, 6) is 1.06. The third-order valence-electron chi connectivity index (χ3n) is 2.52. The smallest absolute Gasteiger partial charge is 0.123 e. The van der Waals surface area contributed by atoms with Gasteiger partial charge in [-0.25, -0.2) is 4.39 Å². The molecule has 2 rings (SSSR count). The summed E-state index contributed by atoms with van der Waals surface area (Å²) in [5.41, 5.74) is 6.75. The summed E-state index contributed by atoms with van der Waals surface area (Å²) in [6.45, 7) is 0.752. The molecule has 1 aliphatic rings. The van der Waals surface area contributed by atoms with Crippen molar-refractivity contribution in [2.75, 3.05) is 6.54 Å². The zero-order chi connectivity index (χ0) is 8.55. The van der Waals surface area contributed by atoms with E-state index in [0.29, 0.717) is 11.8 Å². The van der Waals surface area contributed by atoms with Gasteiger partial charge in [0.05, 0.1) is 0 Å². The first-order valence-corrected chi connectivity index (χ1v) is 4.27. The number of benzene rings is 1.